The Bertz CT molecular complexity index is 134. The molecule has 0 amide bonds. The van der Waals surface area contributed by atoms with E-state index in [2.05, 4.69) is 20.8 Å². The minimum absolute atomic E-state index is 0.403. The van der Waals surface area contributed by atoms with Gasteiger partial charge in [0.25, 0.3) is 0 Å². The van der Waals surface area contributed by atoms with Crippen molar-refractivity contribution in [3.63, 3.8) is 0 Å². The molecule has 0 aromatic carbocycles. The highest BCUT2D eigenvalue weighted by atomic mass is 16.3. The summed E-state index contributed by atoms with van der Waals surface area (Å²) in [5, 5.41) is 8.98. The van der Waals surface area contributed by atoms with Crippen LogP contribution >= 0.6 is 0 Å². The van der Waals surface area contributed by atoms with E-state index in [-0.39, 0.29) is 0 Å². The molecule has 1 rings (SSSR count). The van der Waals surface area contributed by atoms with E-state index in [9.17, 15) is 0 Å². The lowest BCUT2D eigenvalue weighted by molar-refractivity contribution is 0.219. The van der Waals surface area contributed by atoms with Gasteiger partial charge in [-0.1, -0.05) is 27.2 Å². The van der Waals surface area contributed by atoms with E-state index < -0.39 is 0 Å². The number of hydrogen-bond donors (Lipinski definition) is 1. The Kier molecular flexibility index (Phi) is 3.16. The Morgan fingerprint density at radius 1 is 1.17 bits per heavy atom. The molecule has 1 aliphatic rings. The van der Waals surface area contributed by atoms with Crippen LogP contribution in [-0.2, 0) is 0 Å². The summed E-state index contributed by atoms with van der Waals surface area (Å²) in [5.41, 5.74) is 0.467. The van der Waals surface area contributed by atoms with Crippen molar-refractivity contribution in [1.29, 1.82) is 0 Å². The van der Waals surface area contributed by atoms with Crippen molar-refractivity contribution in [2.45, 2.75) is 46.5 Å². The molecule has 12 heavy (non-hydrogen) atoms. The first-order valence-corrected chi connectivity index (χ1v) is 5.12. The molecule has 2 atom stereocenters. The molecule has 0 aliphatic heterocycles. The van der Waals surface area contributed by atoms with Crippen LogP contribution in [0.25, 0.3) is 0 Å². The number of rotatable bonds is 2. The van der Waals surface area contributed by atoms with Gasteiger partial charge in [-0.05, 0) is 36.5 Å². The zero-order chi connectivity index (χ0) is 9.19. The fourth-order valence-electron chi connectivity index (χ4n) is 2.40. The van der Waals surface area contributed by atoms with Gasteiger partial charge < -0.3 is 5.11 Å². The monoisotopic (exact) mass is 170 g/mol. The van der Waals surface area contributed by atoms with Crippen molar-refractivity contribution < 1.29 is 5.11 Å². The van der Waals surface area contributed by atoms with Gasteiger partial charge in [-0.2, -0.15) is 0 Å². The van der Waals surface area contributed by atoms with Crippen LogP contribution < -0.4 is 0 Å². The second-order valence-electron chi connectivity index (χ2n) is 5.49. The quantitative estimate of drug-likeness (QED) is 0.675. The van der Waals surface area contributed by atoms with Crippen LogP contribution in [0.4, 0.5) is 0 Å². The molecule has 0 saturated heterocycles. The molecule has 1 fully saturated rings. The molecule has 1 aliphatic carbocycles. The van der Waals surface area contributed by atoms with Crippen LogP contribution in [0.3, 0.4) is 0 Å². The van der Waals surface area contributed by atoms with Crippen LogP contribution in [0.5, 0.6) is 0 Å². The molecule has 1 saturated carbocycles. The SMILES string of the molecule is CC(C)(C)CC1CCC(CO)C1. The molecule has 1 N–H and O–H groups in total. The predicted octanol–water partition coefficient (Wildman–Crippen LogP) is 2.83. The van der Waals surface area contributed by atoms with Gasteiger partial charge in [0.15, 0.2) is 0 Å². The van der Waals surface area contributed by atoms with Gasteiger partial charge in [-0.3, -0.25) is 0 Å². The molecule has 0 aromatic heterocycles. The smallest absolute Gasteiger partial charge is 0.0459 e. The zero-order valence-electron chi connectivity index (χ0n) is 8.64. The second kappa shape index (κ2) is 3.78. The van der Waals surface area contributed by atoms with Gasteiger partial charge >= 0.3 is 0 Å². The van der Waals surface area contributed by atoms with E-state index in [1.165, 1.54) is 25.7 Å². The predicted molar refractivity (Wildman–Crippen MR) is 52.0 cm³/mol. The standard InChI is InChI=1S/C11H22O/c1-11(2,3)7-9-4-5-10(6-9)8-12/h9-10,12H,4-8H2,1-3H3. The fourth-order valence-corrected chi connectivity index (χ4v) is 2.40. The summed E-state index contributed by atoms with van der Waals surface area (Å²) in [4.78, 5) is 0. The Morgan fingerprint density at radius 3 is 2.17 bits per heavy atom. The lowest BCUT2D eigenvalue weighted by atomic mass is 9.84. The Hall–Kier alpha value is -0.0400. The summed E-state index contributed by atoms with van der Waals surface area (Å²) < 4.78 is 0. The third kappa shape index (κ3) is 3.14. The zero-order valence-corrected chi connectivity index (χ0v) is 8.64. The summed E-state index contributed by atoms with van der Waals surface area (Å²) in [6, 6.07) is 0. The molecule has 0 heterocycles. The molecule has 1 nitrogen and oxygen atoms in total. The first-order valence-electron chi connectivity index (χ1n) is 5.12. The summed E-state index contributed by atoms with van der Waals surface area (Å²) in [6.45, 7) is 7.32. The third-order valence-electron chi connectivity index (χ3n) is 2.81. The van der Waals surface area contributed by atoms with Crippen molar-refractivity contribution in [3.8, 4) is 0 Å². The van der Waals surface area contributed by atoms with Gasteiger partial charge in [-0.25, -0.2) is 0 Å². The van der Waals surface area contributed by atoms with Crippen molar-refractivity contribution >= 4 is 0 Å². The number of aliphatic hydroxyl groups excluding tert-OH is 1. The van der Waals surface area contributed by atoms with E-state index in [1.807, 2.05) is 0 Å². The lowest BCUT2D eigenvalue weighted by Gasteiger charge is -2.22. The van der Waals surface area contributed by atoms with Crippen LogP contribution in [0.2, 0.25) is 0 Å². The van der Waals surface area contributed by atoms with Crippen LogP contribution in [0.15, 0.2) is 0 Å². The molecule has 0 radical (unpaired) electrons. The van der Waals surface area contributed by atoms with Crippen molar-refractivity contribution in [2.24, 2.45) is 17.3 Å². The van der Waals surface area contributed by atoms with Crippen LogP contribution in [0, 0.1) is 17.3 Å². The van der Waals surface area contributed by atoms with Gasteiger partial charge in [0.2, 0.25) is 0 Å². The summed E-state index contributed by atoms with van der Waals surface area (Å²) in [5.74, 6) is 1.49. The van der Waals surface area contributed by atoms with Crippen LogP contribution in [0.1, 0.15) is 46.5 Å². The maximum atomic E-state index is 8.98. The molecular formula is C11H22O. The van der Waals surface area contributed by atoms with Crippen molar-refractivity contribution in [2.75, 3.05) is 6.61 Å². The van der Waals surface area contributed by atoms with Gasteiger partial charge in [0, 0.05) is 6.61 Å². The highest BCUT2D eigenvalue weighted by Crippen LogP contribution is 2.37. The van der Waals surface area contributed by atoms with Gasteiger partial charge in [0.05, 0.1) is 0 Å². The molecule has 0 bridgehead atoms. The van der Waals surface area contributed by atoms with E-state index in [1.54, 1.807) is 0 Å². The molecular weight excluding hydrogens is 148 g/mol. The highest BCUT2D eigenvalue weighted by molar-refractivity contribution is 4.78. The summed E-state index contributed by atoms with van der Waals surface area (Å²) in [6.07, 6.45) is 5.16. The average molecular weight is 170 g/mol. The van der Waals surface area contributed by atoms with E-state index in [4.69, 9.17) is 5.11 Å². The molecule has 0 spiro atoms. The Balaban J connectivity index is 2.28. The van der Waals surface area contributed by atoms with E-state index in [0.717, 1.165) is 5.92 Å². The Labute approximate surface area is 76.2 Å². The van der Waals surface area contributed by atoms with Crippen molar-refractivity contribution in [3.05, 3.63) is 0 Å². The lowest BCUT2D eigenvalue weighted by Crippen LogP contribution is -2.11. The first kappa shape index (κ1) is 10.0. The highest BCUT2D eigenvalue weighted by Gasteiger charge is 2.27. The molecule has 1 heteroatoms. The van der Waals surface area contributed by atoms with E-state index >= 15 is 0 Å². The van der Waals surface area contributed by atoms with Crippen molar-refractivity contribution in [1.82, 2.24) is 0 Å². The largest absolute Gasteiger partial charge is 0.396 e. The topological polar surface area (TPSA) is 20.2 Å². The third-order valence-corrected chi connectivity index (χ3v) is 2.81. The van der Waals surface area contributed by atoms with E-state index in [0.29, 0.717) is 17.9 Å². The minimum Gasteiger partial charge on any atom is -0.396 e. The van der Waals surface area contributed by atoms with Gasteiger partial charge in [0.1, 0.15) is 0 Å². The molecule has 2 unspecified atom stereocenters. The fraction of sp³-hybridized carbons (Fsp3) is 1.00. The average Bonchev–Trinajstić information content (AvgIpc) is 2.32. The molecule has 72 valence electrons. The van der Waals surface area contributed by atoms with Gasteiger partial charge in [-0.15, -0.1) is 0 Å². The first-order chi connectivity index (χ1) is 5.51. The maximum absolute atomic E-state index is 8.98. The normalized spacial score (nSPS) is 31.0. The van der Waals surface area contributed by atoms with Crippen LogP contribution in [-0.4, -0.2) is 11.7 Å². The number of hydrogen-bond acceptors (Lipinski definition) is 1. The molecule has 0 aromatic rings. The second-order valence-corrected chi connectivity index (χ2v) is 5.49. The number of aliphatic hydroxyl groups is 1. The Morgan fingerprint density at radius 2 is 1.75 bits per heavy atom. The maximum Gasteiger partial charge on any atom is 0.0459 e. The summed E-state index contributed by atoms with van der Waals surface area (Å²) >= 11 is 0. The summed E-state index contributed by atoms with van der Waals surface area (Å²) in [7, 11) is 0. The minimum atomic E-state index is 0.403.